The predicted molar refractivity (Wildman–Crippen MR) is 142 cm³/mol. The molecule has 2 N–H and O–H groups in total. The molecule has 0 aliphatic carbocycles. The lowest BCUT2D eigenvalue weighted by atomic mass is 10.1. The SMILES string of the molecule is CC(C)NC(=O)Cn1c(-c2c[nH]c3ccccc23)nc2ncc(OCCCN3CCOCC3)cc2c1=O. The lowest BCUT2D eigenvalue weighted by Crippen LogP contribution is -2.37. The molecule has 0 unspecified atom stereocenters. The number of aromatic nitrogens is 4. The Bertz CT molecular complexity index is 1450. The van der Waals surface area contributed by atoms with Crippen molar-refractivity contribution in [3.8, 4) is 17.1 Å². The third-order valence-corrected chi connectivity index (χ3v) is 6.36. The molecule has 1 aromatic carbocycles. The zero-order valence-electron chi connectivity index (χ0n) is 21.2. The molecule has 0 atom stereocenters. The summed E-state index contributed by atoms with van der Waals surface area (Å²) in [6.07, 6.45) is 4.26. The van der Waals surface area contributed by atoms with Crippen LogP contribution in [0.4, 0.5) is 0 Å². The van der Waals surface area contributed by atoms with E-state index in [2.05, 4.69) is 20.2 Å². The molecule has 1 amide bonds. The van der Waals surface area contributed by atoms with Gasteiger partial charge in [0.15, 0.2) is 5.65 Å². The fourth-order valence-corrected chi connectivity index (χ4v) is 4.59. The minimum atomic E-state index is -0.338. The first-order chi connectivity index (χ1) is 18.0. The number of para-hydroxylation sites is 1. The van der Waals surface area contributed by atoms with E-state index in [-0.39, 0.29) is 24.1 Å². The van der Waals surface area contributed by atoms with Crippen LogP contribution in [0.5, 0.6) is 5.75 Å². The van der Waals surface area contributed by atoms with Crippen molar-refractivity contribution in [2.75, 3.05) is 39.5 Å². The highest BCUT2D eigenvalue weighted by molar-refractivity contribution is 5.95. The number of aromatic amines is 1. The zero-order chi connectivity index (χ0) is 25.8. The van der Waals surface area contributed by atoms with Crippen molar-refractivity contribution in [1.82, 2.24) is 29.7 Å². The van der Waals surface area contributed by atoms with Gasteiger partial charge in [-0.25, -0.2) is 9.97 Å². The Hall–Kier alpha value is -3.76. The van der Waals surface area contributed by atoms with Gasteiger partial charge in [-0.15, -0.1) is 0 Å². The van der Waals surface area contributed by atoms with E-state index >= 15 is 0 Å². The van der Waals surface area contributed by atoms with Crippen molar-refractivity contribution in [3.63, 3.8) is 0 Å². The third-order valence-electron chi connectivity index (χ3n) is 6.36. The minimum Gasteiger partial charge on any atom is -0.492 e. The second kappa shape index (κ2) is 11.1. The van der Waals surface area contributed by atoms with Crippen LogP contribution in [-0.4, -0.2) is 75.8 Å². The molecule has 1 saturated heterocycles. The molecular formula is C27H32N6O4. The lowest BCUT2D eigenvalue weighted by Gasteiger charge is -2.26. The summed E-state index contributed by atoms with van der Waals surface area (Å²) in [7, 11) is 0. The highest BCUT2D eigenvalue weighted by Crippen LogP contribution is 2.28. The molecule has 1 aliphatic rings. The number of nitrogens with one attached hydrogen (secondary N) is 2. The predicted octanol–water partition coefficient (Wildman–Crippen LogP) is 2.57. The van der Waals surface area contributed by atoms with Crippen LogP contribution in [-0.2, 0) is 16.1 Å². The van der Waals surface area contributed by atoms with Crippen LogP contribution in [0.1, 0.15) is 20.3 Å². The van der Waals surface area contributed by atoms with Gasteiger partial charge in [0.2, 0.25) is 5.91 Å². The van der Waals surface area contributed by atoms with Gasteiger partial charge in [0.25, 0.3) is 5.56 Å². The van der Waals surface area contributed by atoms with Crippen molar-refractivity contribution < 1.29 is 14.3 Å². The molecule has 4 aromatic rings. The Kier molecular flexibility index (Phi) is 7.47. The van der Waals surface area contributed by atoms with E-state index in [0.717, 1.165) is 55.7 Å². The Morgan fingerprint density at radius 3 is 2.84 bits per heavy atom. The van der Waals surface area contributed by atoms with Crippen LogP contribution in [0.25, 0.3) is 33.3 Å². The lowest BCUT2D eigenvalue weighted by molar-refractivity contribution is -0.122. The maximum absolute atomic E-state index is 13.7. The second-order valence-corrected chi connectivity index (χ2v) is 9.50. The summed E-state index contributed by atoms with van der Waals surface area (Å²) in [6.45, 7) is 8.46. The topological polar surface area (TPSA) is 114 Å². The normalized spacial score (nSPS) is 14.5. The first-order valence-corrected chi connectivity index (χ1v) is 12.7. The van der Waals surface area contributed by atoms with Crippen LogP contribution >= 0.6 is 0 Å². The number of rotatable bonds is 9. The Morgan fingerprint density at radius 1 is 1.22 bits per heavy atom. The van der Waals surface area contributed by atoms with Gasteiger partial charge in [-0.2, -0.15) is 0 Å². The number of hydrogen-bond acceptors (Lipinski definition) is 7. The number of carbonyl (C=O) groups is 1. The van der Waals surface area contributed by atoms with Gasteiger partial charge in [0.05, 0.1) is 31.4 Å². The number of H-pyrrole nitrogens is 1. The fourth-order valence-electron chi connectivity index (χ4n) is 4.59. The van der Waals surface area contributed by atoms with Gasteiger partial charge in [-0.1, -0.05) is 18.2 Å². The monoisotopic (exact) mass is 504 g/mol. The van der Waals surface area contributed by atoms with Gasteiger partial charge in [0, 0.05) is 48.3 Å². The average molecular weight is 505 g/mol. The van der Waals surface area contributed by atoms with E-state index in [4.69, 9.17) is 14.5 Å². The average Bonchev–Trinajstić information content (AvgIpc) is 3.32. The van der Waals surface area contributed by atoms with Crippen LogP contribution in [0.15, 0.2) is 47.5 Å². The number of morpholine rings is 1. The summed E-state index contributed by atoms with van der Waals surface area (Å²) in [6, 6.07) is 9.39. The van der Waals surface area contributed by atoms with Gasteiger partial charge in [-0.3, -0.25) is 19.1 Å². The third kappa shape index (κ3) is 5.65. The molecular weight excluding hydrogens is 472 g/mol. The van der Waals surface area contributed by atoms with Crippen molar-refractivity contribution in [1.29, 1.82) is 0 Å². The van der Waals surface area contributed by atoms with Gasteiger partial charge in [0.1, 0.15) is 18.1 Å². The molecule has 10 heteroatoms. The number of ether oxygens (including phenoxy) is 2. The molecule has 1 aliphatic heterocycles. The highest BCUT2D eigenvalue weighted by Gasteiger charge is 2.19. The molecule has 37 heavy (non-hydrogen) atoms. The molecule has 4 heterocycles. The summed E-state index contributed by atoms with van der Waals surface area (Å²) in [5.74, 6) is 0.634. The Morgan fingerprint density at radius 2 is 2.03 bits per heavy atom. The van der Waals surface area contributed by atoms with Crippen LogP contribution in [0, 0.1) is 0 Å². The molecule has 0 spiro atoms. The molecule has 0 saturated carbocycles. The van der Waals surface area contributed by atoms with Gasteiger partial charge >= 0.3 is 0 Å². The molecule has 194 valence electrons. The van der Waals surface area contributed by atoms with Gasteiger partial charge in [-0.05, 0) is 32.4 Å². The minimum absolute atomic E-state index is 0.0488. The van der Waals surface area contributed by atoms with E-state index in [9.17, 15) is 9.59 Å². The molecule has 10 nitrogen and oxygen atoms in total. The standard InChI is InChI=1S/C27H32N6O4/c1-18(2)30-24(34)17-33-26(22-16-28-23-7-4-3-6-20(22)23)31-25-21(27(33)35)14-19(15-29-25)37-11-5-8-32-9-12-36-13-10-32/h3-4,6-7,14-16,18,28H,5,8-13,17H2,1-2H3,(H,30,34). The molecule has 1 fully saturated rings. The van der Waals surface area contributed by atoms with E-state index in [1.54, 1.807) is 18.5 Å². The zero-order valence-corrected chi connectivity index (χ0v) is 21.2. The number of hydrogen-bond donors (Lipinski definition) is 2. The molecule has 3 aromatic heterocycles. The molecule has 5 rings (SSSR count). The van der Waals surface area contributed by atoms with Crippen LogP contribution in [0.2, 0.25) is 0 Å². The van der Waals surface area contributed by atoms with E-state index in [1.165, 1.54) is 4.57 Å². The summed E-state index contributed by atoms with van der Waals surface area (Å²) >= 11 is 0. The molecule has 0 radical (unpaired) electrons. The second-order valence-electron chi connectivity index (χ2n) is 9.50. The maximum atomic E-state index is 13.7. The largest absolute Gasteiger partial charge is 0.492 e. The van der Waals surface area contributed by atoms with E-state index in [0.29, 0.717) is 29.2 Å². The highest BCUT2D eigenvalue weighted by atomic mass is 16.5. The Labute approximate surface area is 214 Å². The number of nitrogens with zero attached hydrogens (tertiary/aromatic N) is 4. The number of fused-ring (bicyclic) bond motifs is 2. The number of amides is 1. The van der Waals surface area contributed by atoms with Crippen LogP contribution in [0.3, 0.4) is 0 Å². The van der Waals surface area contributed by atoms with Crippen molar-refractivity contribution in [3.05, 3.63) is 53.1 Å². The van der Waals surface area contributed by atoms with Gasteiger partial charge < -0.3 is 19.8 Å². The maximum Gasteiger partial charge on any atom is 0.263 e. The van der Waals surface area contributed by atoms with Crippen LogP contribution < -0.4 is 15.6 Å². The first-order valence-electron chi connectivity index (χ1n) is 12.7. The summed E-state index contributed by atoms with van der Waals surface area (Å²) < 4.78 is 12.7. The fraction of sp³-hybridized carbons (Fsp3) is 0.407. The summed E-state index contributed by atoms with van der Waals surface area (Å²) in [5.41, 5.74) is 1.62. The quantitative estimate of drug-likeness (QED) is 0.337. The van der Waals surface area contributed by atoms with Crippen molar-refractivity contribution >= 4 is 27.8 Å². The number of pyridine rings is 1. The summed E-state index contributed by atoms with van der Waals surface area (Å²) in [5, 5.41) is 4.08. The van der Waals surface area contributed by atoms with E-state index in [1.807, 2.05) is 38.1 Å². The van der Waals surface area contributed by atoms with E-state index < -0.39 is 0 Å². The number of benzene rings is 1. The van der Waals surface area contributed by atoms with Crippen molar-refractivity contribution in [2.24, 2.45) is 0 Å². The van der Waals surface area contributed by atoms with Crippen molar-refractivity contribution in [2.45, 2.75) is 32.9 Å². The smallest absolute Gasteiger partial charge is 0.263 e. The molecule has 0 bridgehead atoms. The number of carbonyl (C=O) groups excluding carboxylic acids is 1. The Balaban J connectivity index is 1.45. The first kappa shape index (κ1) is 24.9. The summed E-state index contributed by atoms with van der Waals surface area (Å²) in [4.78, 5) is 41.2.